The van der Waals surface area contributed by atoms with E-state index in [4.69, 9.17) is 5.84 Å². The Bertz CT molecular complexity index is 1030. The number of fused-ring (bicyclic) bond motifs is 2. The SMILES string of the molecule is Nn1ccc2nc3ccn(C4CCCCCC4)c(=O)c3cc2c1=O. The van der Waals surface area contributed by atoms with Gasteiger partial charge in [0.25, 0.3) is 11.1 Å². The second-order valence-electron chi connectivity index (χ2n) is 6.56. The smallest absolute Gasteiger partial charge is 0.278 e. The Labute approximate surface area is 138 Å². The van der Waals surface area contributed by atoms with E-state index in [1.165, 1.54) is 19.0 Å². The van der Waals surface area contributed by atoms with E-state index in [0.717, 1.165) is 30.4 Å². The first-order chi connectivity index (χ1) is 11.6. The fourth-order valence-electron chi connectivity index (χ4n) is 3.68. The highest BCUT2D eigenvalue weighted by Crippen LogP contribution is 2.26. The molecule has 0 saturated heterocycles. The van der Waals surface area contributed by atoms with E-state index in [1.807, 2.05) is 16.8 Å². The van der Waals surface area contributed by atoms with Crippen molar-refractivity contribution in [1.82, 2.24) is 14.2 Å². The molecule has 3 aromatic heterocycles. The molecule has 6 nitrogen and oxygen atoms in total. The van der Waals surface area contributed by atoms with E-state index in [9.17, 15) is 9.59 Å². The van der Waals surface area contributed by atoms with E-state index in [1.54, 1.807) is 12.1 Å². The second-order valence-corrected chi connectivity index (χ2v) is 6.56. The summed E-state index contributed by atoms with van der Waals surface area (Å²) >= 11 is 0. The molecule has 4 rings (SSSR count). The molecule has 3 heterocycles. The summed E-state index contributed by atoms with van der Waals surface area (Å²) in [6.07, 6.45) is 10.2. The van der Waals surface area contributed by atoms with Crippen molar-refractivity contribution in [3.05, 3.63) is 51.3 Å². The normalized spacial score (nSPS) is 16.5. The molecule has 1 aliphatic carbocycles. The zero-order chi connectivity index (χ0) is 16.7. The van der Waals surface area contributed by atoms with Crippen LogP contribution in [0.3, 0.4) is 0 Å². The predicted molar refractivity (Wildman–Crippen MR) is 94.7 cm³/mol. The van der Waals surface area contributed by atoms with Crippen LogP contribution in [0.4, 0.5) is 0 Å². The molecule has 0 spiro atoms. The number of hydrogen-bond donors (Lipinski definition) is 1. The fraction of sp³-hybridized carbons (Fsp3) is 0.389. The maximum Gasteiger partial charge on any atom is 0.278 e. The van der Waals surface area contributed by atoms with Gasteiger partial charge in [0.1, 0.15) is 0 Å². The van der Waals surface area contributed by atoms with Gasteiger partial charge in [0, 0.05) is 18.4 Å². The van der Waals surface area contributed by atoms with Gasteiger partial charge in [0.05, 0.1) is 21.8 Å². The summed E-state index contributed by atoms with van der Waals surface area (Å²) in [4.78, 5) is 29.6. The highest BCUT2D eigenvalue weighted by molar-refractivity contribution is 5.91. The predicted octanol–water partition coefficient (Wildman–Crippen LogP) is 2.32. The van der Waals surface area contributed by atoms with Crippen LogP contribution < -0.4 is 17.0 Å². The van der Waals surface area contributed by atoms with Crippen LogP contribution in [-0.2, 0) is 0 Å². The van der Waals surface area contributed by atoms with Crippen molar-refractivity contribution in [2.24, 2.45) is 0 Å². The molecule has 1 aliphatic rings. The summed E-state index contributed by atoms with van der Waals surface area (Å²) in [5.41, 5.74) is 0.763. The number of aromatic nitrogens is 3. The van der Waals surface area contributed by atoms with E-state index >= 15 is 0 Å². The molecule has 0 amide bonds. The van der Waals surface area contributed by atoms with Gasteiger partial charge in [-0.2, -0.15) is 0 Å². The molecule has 0 aromatic carbocycles. The van der Waals surface area contributed by atoms with Gasteiger partial charge in [-0.05, 0) is 31.0 Å². The van der Waals surface area contributed by atoms with Gasteiger partial charge in [0.15, 0.2) is 0 Å². The molecule has 2 N–H and O–H groups in total. The van der Waals surface area contributed by atoms with E-state index < -0.39 is 0 Å². The van der Waals surface area contributed by atoms with Gasteiger partial charge >= 0.3 is 0 Å². The number of nitrogens with two attached hydrogens (primary N) is 1. The minimum atomic E-state index is -0.342. The summed E-state index contributed by atoms with van der Waals surface area (Å²) < 4.78 is 2.84. The molecule has 0 radical (unpaired) electrons. The van der Waals surface area contributed by atoms with Gasteiger partial charge in [-0.15, -0.1) is 0 Å². The number of hydrogen-bond acceptors (Lipinski definition) is 4. The van der Waals surface area contributed by atoms with E-state index in [-0.39, 0.29) is 17.2 Å². The van der Waals surface area contributed by atoms with E-state index in [2.05, 4.69) is 4.98 Å². The number of rotatable bonds is 1. The number of nitrogens with zero attached hydrogens (tertiary/aromatic N) is 3. The maximum atomic E-state index is 13.0. The summed E-state index contributed by atoms with van der Waals surface area (Å²) in [5.74, 6) is 5.63. The van der Waals surface area contributed by atoms with Crippen molar-refractivity contribution in [3.8, 4) is 0 Å². The third-order valence-electron chi connectivity index (χ3n) is 5.02. The van der Waals surface area contributed by atoms with Crippen molar-refractivity contribution in [2.75, 3.05) is 5.84 Å². The minimum Gasteiger partial charge on any atom is -0.336 e. The molecule has 0 bridgehead atoms. The molecule has 1 fully saturated rings. The largest absolute Gasteiger partial charge is 0.336 e. The lowest BCUT2D eigenvalue weighted by Crippen LogP contribution is -2.27. The van der Waals surface area contributed by atoms with Crippen molar-refractivity contribution in [3.63, 3.8) is 0 Å². The molecule has 0 atom stereocenters. The summed E-state index contributed by atoms with van der Waals surface area (Å²) in [7, 11) is 0. The molecule has 3 aromatic rings. The first-order valence-electron chi connectivity index (χ1n) is 8.47. The van der Waals surface area contributed by atoms with Crippen LogP contribution in [0.2, 0.25) is 0 Å². The zero-order valence-corrected chi connectivity index (χ0v) is 13.4. The topological polar surface area (TPSA) is 82.9 Å². The number of nitrogen functional groups attached to an aromatic ring is 1. The summed E-state index contributed by atoms with van der Waals surface area (Å²) in [6, 6.07) is 5.43. The highest BCUT2D eigenvalue weighted by atomic mass is 16.1. The highest BCUT2D eigenvalue weighted by Gasteiger charge is 2.17. The molecule has 124 valence electrons. The van der Waals surface area contributed by atoms with Gasteiger partial charge in [0.2, 0.25) is 0 Å². The van der Waals surface area contributed by atoms with Crippen molar-refractivity contribution in [1.29, 1.82) is 0 Å². The van der Waals surface area contributed by atoms with Crippen LogP contribution in [0, 0.1) is 0 Å². The molecule has 0 unspecified atom stereocenters. The molecular formula is C18H20N4O2. The number of pyridine rings is 3. The monoisotopic (exact) mass is 324 g/mol. The summed E-state index contributed by atoms with van der Waals surface area (Å²) in [6.45, 7) is 0. The lowest BCUT2D eigenvalue weighted by molar-refractivity contribution is 0.434. The standard InChI is InChI=1S/C18H20N4O2/c19-22-10-8-16-14(18(22)24)11-13-15(20-16)7-9-21(17(13)23)12-5-3-1-2-4-6-12/h7-12H,1-6,19H2. The average Bonchev–Trinajstić information content (AvgIpc) is 2.87. The van der Waals surface area contributed by atoms with Gasteiger partial charge in [-0.25, -0.2) is 9.66 Å². The third kappa shape index (κ3) is 2.38. The Hall–Kier alpha value is -2.63. The van der Waals surface area contributed by atoms with Crippen LogP contribution in [0.5, 0.6) is 0 Å². The quantitative estimate of drug-likeness (QED) is 0.423. The van der Waals surface area contributed by atoms with Crippen LogP contribution in [0.25, 0.3) is 21.8 Å². The molecule has 24 heavy (non-hydrogen) atoms. The first-order valence-corrected chi connectivity index (χ1v) is 8.47. The van der Waals surface area contributed by atoms with Crippen LogP contribution in [-0.4, -0.2) is 14.2 Å². The average molecular weight is 324 g/mol. The molecular weight excluding hydrogens is 304 g/mol. The third-order valence-corrected chi connectivity index (χ3v) is 5.02. The zero-order valence-electron chi connectivity index (χ0n) is 13.4. The second kappa shape index (κ2) is 5.78. The van der Waals surface area contributed by atoms with Gasteiger partial charge in [-0.1, -0.05) is 25.7 Å². The Balaban J connectivity index is 1.94. The Morgan fingerprint density at radius 2 is 1.54 bits per heavy atom. The Morgan fingerprint density at radius 1 is 0.917 bits per heavy atom. The van der Waals surface area contributed by atoms with E-state index in [0.29, 0.717) is 21.8 Å². The minimum absolute atomic E-state index is 0.0689. The van der Waals surface area contributed by atoms with Crippen LogP contribution >= 0.6 is 0 Å². The van der Waals surface area contributed by atoms with Crippen molar-refractivity contribution >= 4 is 21.8 Å². The van der Waals surface area contributed by atoms with Crippen molar-refractivity contribution in [2.45, 2.75) is 44.6 Å². The maximum absolute atomic E-state index is 13.0. The van der Waals surface area contributed by atoms with Crippen LogP contribution in [0.15, 0.2) is 40.2 Å². The first kappa shape index (κ1) is 14.9. The molecule has 0 aliphatic heterocycles. The lowest BCUT2D eigenvalue weighted by Gasteiger charge is -2.18. The Kier molecular flexibility index (Phi) is 3.59. The van der Waals surface area contributed by atoms with Crippen LogP contribution in [0.1, 0.15) is 44.6 Å². The molecule has 6 heteroatoms. The Morgan fingerprint density at radius 3 is 2.25 bits per heavy atom. The van der Waals surface area contributed by atoms with Crippen molar-refractivity contribution < 1.29 is 0 Å². The van der Waals surface area contributed by atoms with Gasteiger partial charge < -0.3 is 10.4 Å². The molecule has 1 saturated carbocycles. The summed E-state index contributed by atoms with van der Waals surface area (Å²) in [5, 5.41) is 0.862. The fourth-order valence-corrected chi connectivity index (χ4v) is 3.68. The lowest BCUT2D eigenvalue weighted by atomic mass is 10.1. The van der Waals surface area contributed by atoms with Gasteiger partial charge in [-0.3, -0.25) is 9.59 Å².